The van der Waals surface area contributed by atoms with Gasteiger partial charge in [-0.25, -0.2) is 4.68 Å². The Morgan fingerprint density at radius 2 is 1.95 bits per heavy atom. The highest BCUT2D eigenvalue weighted by Crippen LogP contribution is 2.18. The molecule has 1 aromatic heterocycles. The summed E-state index contributed by atoms with van der Waals surface area (Å²) in [5.41, 5.74) is 1.44. The van der Waals surface area contributed by atoms with Crippen LogP contribution in [-0.2, 0) is 4.79 Å². The molecular formula is C14H12F3N3O. The Kier molecular flexibility index (Phi) is 4.11. The highest BCUT2D eigenvalue weighted by molar-refractivity contribution is 5.94. The van der Waals surface area contributed by atoms with Crippen molar-refractivity contribution < 1.29 is 18.0 Å². The van der Waals surface area contributed by atoms with Gasteiger partial charge in [0.05, 0.1) is 11.4 Å². The molecule has 0 bridgehead atoms. The SMILES string of the molecule is Cc1cc(NC=CC(=O)C(F)(F)F)n(-c2ccccc2)n1. The van der Waals surface area contributed by atoms with Crippen molar-refractivity contribution in [2.75, 3.05) is 5.32 Å². The zero-order valence-corrected chi connectivity index (χ0v) is 11.1. The van der Waals surface area contributed by atoms with Gasteiger partial charge < -0.3 is 5.32 Å². The molecule has 1 aromatic carbocycles. The van der Waals surface area contributed by atoms with Gasteiger partial charge in [-0.15, -0.1) is 0 Å². The zero-order valence-electron chi connectivity index (χ0n) is 11.1. The summed E-state index contributed by atoms with van der Waals surface area (Å²) < 4.78 is 37.8. The van der Waals surface area contributed by atoms with Gasteiger partial charge in [0.2, 0.25) is 0 Å². The molecule has 0 unspecified atom stereocenters. The van der Waals surface area contributed by atoms with Crippen LogP contribution in [0.15, 0.2) is 48.7 Å². The maximum atomic E-state index is 12.1. The minimum absolute atomic E-state index is 0.442. The molecule has 1 heterocycles. The van der Waals surface area contributed by atoms with Gasteiger partial charge in [0.15, 0.2) is 0 Å². The van der Waals surface area contributed by atoms with Crippen LogP contribution in [0.3, 0.4) is 0 Å². The number of halogens is 3. The molecule has 0 atom stereocenters. The third-order valence-corrected chi connectivity index (χ3v) is 2.58. The number of anilines is 1. The van der Waals surface area contributed by atoms with E-state index >= 15 is 0 Å². The normalized spacial score (nSPS) is 11.8. The molecule has 0 fully saturated rings. The molecule has 0 aliphatic rings. The van der Waals surface area contributed by atoms with E-state index in [-0.39, 0.29) is 0 Å². The summed E-state index contributed by atoms with van der Waals surface area (Å²) in [6.07, 6.45) is -3.48. The number of alkyl halides is 3. The smallest absolute Gasteiger partial charge is 0.346 e. The molecule has 7 heteroatoms. The highest BCUT2D eigenvalue weighted by atomic mass is 19.4. The van der Waals surface area contributed by atoms with Gasteiger partial charge in [-0.05, 0) is 19.1 Å². The van der Waals surface area contributed by atoms with Gasteiger partial charge in [0.25, 0.3) is 5.78 Å². The van der Waals surface area contributed by atoms with Crippen LogP contribution in [0.4, 0.5) is 19.0 Å². The number of benzene rings is 1. The standard InChI is InChI=1S/C14H12F3N3O/c1-10-9-13(18-8-7-12(21)14(15,16)17)20(19-10)11-5-3-2-4-6-11/h2-9,18H,1H3. The van der Waals surface area contributed by atoms with Crippen LogP contribution in [0.2, 0.25) is 0 Å². The van der Waals surface area contributed by atoms with E-state index in [0.29, 0.717) is 17.6 Å². The Morgan fingerprint density at radius 1 is 1.29 bits per heavy atom. The minimum atomic E-state index is -4.87. The van der Waals surface area contributed by atoms with E-state index in [1.807, 2.05) is 30.3 Å². The molecule has 0 saturated carbocycles. The summed E-state index contributed by atoms with van der Waals surface area (Å²) in [5, 5.41) is 6.88. The Labute approximate surface area is 118 Å². The molecule has 0 aliphatic carbocycles. The average Bonchev–Trinajstić information content (AvgIpc) is 2.80. The third-order valence-electron chi connectivity index (χ3n) is 2.58. The lowest BCUT2D eigenvalue weighted by Gasteiger charge is -2.06. The van der Waals surface area contributed by atoms with Crippen molar-refractivity contribution in [1.82, 2.24) is 9.78 Å². The number of ketones is 1. The Morgan fingerprint density at radius 3 is 2.57 bits per heavy atom. The maximum Gasteiger partial charge on any atom is 0.454 e. The summed E-state index contributed by atoms with van der Waals surface area (Å²) in [7, 11) is 0. The number of para-hydroxylation sites is 1. The van der Waals surface area contributed by atoms with Crippen LogP contribution in [0.5, 0.6) is 0 Å². The number of nitrogens with zero attached hydrogens (tertiary/aromatic N) is 2. The lowest BCUT2D eigenvalue weighted by molar-refractivity contribution is -0.165. The Hall–Kier alpha value is -2.57. The van der Waals surface area contributed by atoms with Crippen molar-refractivity contribution >= 4 is 11.6 Å². The first-order chi connectivity index (χ1) is 9.88. The van der Waals surface area contributed by atoms with Crippen molar-refractivity contribution in [1.29, 1.82) is 0 Å². The topological polar surface area (TPSA) is 46.9 Å². The molecule has 2 aromatic rings. The van der Waals surface area contributed by atoms with Crippen molar-refractivity contribution in [2.24, 2.45) is 0 Å². The van der Waals surface area contributed by atoms with Crippen LogP contribution < -0.4 is 5.32 Å². The average molecular weight is 295 g/mol. The summed E-state index contributed by atoms with van der Waals surface area (Å²) in [5.74, 6) is -1.46. The maximum absolute atomic E-state index is 12.1. The number of allylic oxidation sites excluding steroid dienone is 1. The second-order valence-electron chi connectivity index (χ2n) is 4.26. The predicted octanol–water partition coefficient (Wildman–Crippen LogP) is 3.24. The fraction of sp³-hybridized carbons (Fsp3) is 0.143. The molecule has 4 nitrogen and oxygen atoms in total. The monoisotopic (exact) mass is 295 g/mol. The number of aromatic nitrogens is 2. The Balaban J connectivity index is 2.19. The largest absolute Gasteiger partial charge is 0.454 e. The fourth-order valence-electron chi connectivity index (χ4n) is 1.67. The molecule has 0 radical (unpaired) electrons. The zero-order chi connectivity index (χ0) is 15.5. The minimum Gasteiger partial charge on any atom is -0.346 e. The number of carbonyl (C=O) groups excluding carboxylic acids is 1. The van der Waals surface area contributed by atoms with E-state index in [1.54, 1.807) is 13.0 Å². The quantitative estimate of drug-likeness (QED) is 0.881. The number of rotatable bonds is 4. The van der Waals surface area contributed by atoms with E-state index in [9.17, 15) is 18.0 Å². The van der Waals surface area contributed by atoms with E-state index < -0.39 is 12.0 Å². The van der Waals surface area contributed by atoms with E-state index in [1.165, 1.54) is 4.68 Å². The fourth-order valence-corrected chi connectivity index (χ4v) is 1.67. The summed E-state index contributed by atoms with van der Waals surface area (Å²) in [6.45, 7) is 1.76. The molecule has 0 aliphatic heterocycles. The van der Waals surface area contributed by atoms with Gasteiger partial charge in [-0.3, -0.25) is 4.79 Å². The molecular weight excluding hydrogens is 283 g/mol. The number of hydrogen-bond donors (Lipinski definition) is 1. The first-order valence-corrected chi connectivity index (χ1v) is 6.04. The highest BCUT2D eigenvalue weighted by Gasteiger charge is 2.36. The predicted molar refractivity (Wildman–Crippen MR) is 72.1 cm³/mol. The van der Waals surface area contributed by atoms with E-state index in [2.05, 4.69) is 10.4 Å². The van der Waals surface area contributed by atoms with E-state index in [0.717, 1.165) is 11.9 Å². The van der Waals surface area contributed by atoms with Gasteiger partial charge in [-0.2, -0.15) is 18.3 Å². The van der Waals surface area contributed by atoms with Gasteiger partial charge in [-0.1, -0.05) is 18.2 Å². The number of aryl methyl sites for hydroxylation is 1. The van der Waals surface area contributed by atoms with Gasteiger partial charge in [0.1, 0.15) is 5.82 Å². The summed E-state index contributed by atoms with van der Waals surface area (Å²) >= 11 is 0. The lowest BCUT2D eigenvalue weighted by Crippen LogP contribution is -2.20. The number of carbonyl (C=O) groups is 1. The second-order valence-corrected chi connectivity index (χ2v) is 4.26. The molecule has 2 rings (SSSR count). The molecule has 0 saturated heterocycles. The molecule has 21 heavy (non-hydrogen) atoms. The second kappa shape index (κ2) is 5.82. The van der Waals surface area contributed by atoms with E-state index in [4.69, 9.17) is 0 Å². The van der Waals surface area contributed by atoms with Crippen LogP contribution >= 0.6 is 0 Å². The molecule has 0 spiro atoms. The first-order valence-electron chi connectivity index (χ1n) is 6.04. The van der Waals surface area contributed by atoms with Crippen molar-refractivity contribution in [3.63, 3.8) is 0 Å². The lowest BCUT2D eigenvalue weighted by atomic mass is 10.3. The van der Waals surface area contributed by atoms with Crippen LogP contribution in [0, 0.1) is 6.92 Å². The van der Waals surface area contributed by atoms with Crippen molar-refractivity contribution in [2.45, 2.75) is 13.1 Å². The van der Waals surface area contributed by atoms with Gasteiger partial charge in [0, 0.05) is 18.3 Å². The Bertz CT molecular complexity index is 660. The number of nitrogens with one attached hydrogen (secondary N) is 1. The van der Waals surface area contributed by atoms with Gasteiger partial charge >= 0.3 is 6.18 Å². The van der Waals surface area contributed by atoms with Crippen molar-refractivity contribution in [3.8, 4) is 5.69 Å². The first kappa shape index (κ1) is 14.8. The molecule has 1 N–H and O–H groups in total. The molecule has 110 valence electrons. The summed E-state index contributed by atoms with van der Waals surface area (Å²) in [4.78, 5) is 10.7. The molecule has 0 amide bonds. The van der Waals surface area contributed by atoms with Crippen LogP contribution in [0.1, 0.15) is 5.69 Å². The summed E-state index contributed by atoms with van der Waals surface area (Å²) in [6, 6.07) is 10.8. The third kappa shape index (κ3) is 3.71. The van der Waals surface area contributed by atoms with Crippen LogP contribution in [0.25, 0.3) is 5.69 Å². The number of hydrogen-bond acceptors (Lipinski definition) is 3. The van der Waals surface area contributed by atoms with Crippen molar-refractivity contribution in [3.05, 3.63) is 54.4 Å². The van der Waals surface area contributed by atoms with Crippen LogP contribution in [-0.4, -0.2) is 21.7 Å².